The Balaban J connectivity index is 0. The van der Waals surface area contributed by atoms with Crippen molar-refractivity contribution < 1.29 is 128 Å². The number of hydrogen-bond donors (Lipinski definition) is 0. The summed E-state index contributed by atoms with van der Waals surface area (Å²) >= 11 is 0. The molecule has 180 valence electrons. The van der Waals surface area contributed by atoms with Gasteiger partial charge in [0, 0.05) is 0 Å². The molecule has 0 radical (unpaired) electrons. The number of phosphoric acid groups is 3. The van der Waals surface area contributed by atoms with Gasteiger partial charge < -0.3 is 56.6 Å². The zero-order valence-corrected chi connectivity index (χ0v) is 27.5. The molecule has 17 heteroatoms. The van der Waals surface area contributed by atoms with Crippen LogP contribution in [0.25, 0.3) is 0 Å². The SMILES string of the molecule is O=P([O-])([O-])Oc1ccccc1.O=P([O-])([O-])Oc1ccccc1.O=P([O-])([O-])Oc1ccccc1.[La+3].[La+3]. The minimum atomic E-state index is -4.89. The van der Waals surface area contributed by atoms with Crippen molar-refractivity contribution in [3.05, 3.63) is 91.0 Å². The Hall–Kier alpha value is -0.100. The molecule has 0 atom stereocenters. The van der Waals surface area contributed by atoms with Crippen molar-refractivity contribution in [1.29, 1.82) is 0 Å². The monoisotopic (exact) mass is 794 g/mol. The van der Waals surface area contributed by atoms with Gasteiger partial charge in [0.25, 0.3) is 0 Å². The van der Waals surface area contributed by atoms with Gasteiger partial charge in [-0.25, -0.2) is 0 Å². The molecule has 0 N–H and O–H groups in total. The van der Waals surface area contributed by atoms with Gasteiger partial charge in [-0.2, -0.15) is 0 Å². The smallest absolute Gasteiger partial charge is 0.780 e. The fraction of sp³-hybridized carbons (Fsp3) is 0. The molecule has 3 rings (SSSR count). The Kier molecular flexibility index (Phi) is 19.3. The van der Waals surface area contributed by atoms with Crippen LogP contribution in [0.4, 0.5) is 0 Å². The van der Waals surface area contributed by atoms with Crippen LogP contribution >= 0.6 is 23.5 Å². The van der Waals surface area contributed by atoms with E-state index in [-0.39, 0.29) is 88.4 Å². The molecule has 0 heterocycles. The van der Waals surface area contributed by atoms with Crippen molar-refractivity contribution in [3.8, 4) is 17.2 Å². The maximum Gasteiger partial charge on any atom is 3.00 e. The topological polar surface area (TPSA) is 217 Å². The first kappa shape index (κ1) is 37.1. The normalized spacial score (nSPS) is 10.5. The quantitative estimate of drug-likeness (QED) is 0.294. The number of phosphoric ester groups is 3. The van der Waals surface area contributed by atoms with E-state index in [4.69, 9.17) is 0 Å². The Morgan fingerprint density at radius 2 is 0.571 bits per heavy atom. The molecule has 0 aliphatic carbocycles. The van der Waals surface area contributed by atoms with E-state index in [1.54, 1.807) is 54.6 Å². The summed E-state index contributed by atoms with van der Waals surface area (Å²) < 4.78 is 42.3. The summed E-state index contributed by atoms with van der Waals surface area (Å²) in [6.07, 6.45) is 0. The van der Waals surface area contributed by atoms with Gasteiger partial charge in [-0.05, 0) is 36.4 Å². The molecule has 0 bridgehead atoms. The third kappa shape index (κ3) is 22.8. The first-order valence-electron chi connectivity index (χ1n) is 8.54. The zero-order valence-electron chi connectivity index (χ0n) is 17.6. The van der Waals surface area contributed by atoms with Gasteiger partial charge in [-0.3, -0.25) is 0 Å². The van der Waals surface area contributed by atoms with E-state index in [1.165, 1.54) is 36.4 Å². The molecule has 35 heavy (non-hydrogen) atoms. The number of benzene rings is 3. The van der Waals surface area contributed by atoms with E-state index in [1.807, 2.05) is 0 Å². The van der Waals surface area contributed by atoms with Crippen LogP contribution in [-0.2, 0) is 13.7 Å². The summed E-state index contributed by atoms with van der Waals surface area (Å²) in [5.74, 6) is 0.127. The second-order valence-electron chi connectivity index (χ2n) is 5.55. The van der Waals surface area contributed by atoms with E-state index in [9.17, 15) is 43.1 Å². The van der Waals surface area contributed by atoms with Crippen LogP contribution in [-0.4, -0.2) is 0 Å². The van der Waals surface area contributed by atoms with Crippen molar-refractivity contribution in [2.75, 3.05) is 0 Å². The first-order chi connectivity index (χ1) is 15.2. The summed E-state index contributed by atoms with van der Waals surface area (Å²) in [7, 11) is -14.7. The molecule has 0 aliphatic rings. The summed E-state index contributed by atoms with van der Waals surface area (Å²) in [5, 5.41) is 0. The van der Waals surface area contributed by atoms with Crippen LogP contribution in [0.1, 0.15) is 0 Å². The third-order valence-electron chi connectivity index (χ3n) is 2.88. The molecular weight excluding hydrogens is 779 g/mol. The maximum atomic E-state index is 10.1. The van der Waals surface area contributed by atoms with E-state index >= 15 is 0 Å². The van der Waals surface area contributed by atoms with E-state index in [2.05, 4.69) is 13.6 Å². The maximum absolute atomic E-state index is 10.1. The van der Waals surface area contributed by atoms with E-state index < -0.39 is 23.5 Å². The minimum absolute atomic E-state index is 0. The zero-order chi connectivity index (χ0) is 25.0. The predicted molar refractivity (Wildman–Crippen MR) is 104 cm³/mol. The number of para-hydroxylation sites is 3. The van der Waals surface area contributed by atoms with Gasteiger partial charge in [0.1, 0.15) is 40.7 Å². The van der Waals surface area contributed by atoms with Crippen LogP contribution < -0.4 is 42.9 Å². The van der Waals surface area contributed by atoms with Crippen molar-refractivity contribution in [2.45, 2.75) is 0 Å². The molecule has 12 nitrogen and oxygen atoms in total. The summed E-state index contributed by atoms with van der Waals surface area (Å²) in [6, 6.07) is 22.9. The average Bonchev–Trinajstić information content (AvgIpc) is 2.67. The van der Waals surface area contributed by atoms with Crippen molar-refractivity contribution in [3.63, 3.8) is 0 Å². The second-order valence-corrected chi connectivity index (χ2v) is 8.79. The van der Waals surface area contributed by atoms with Crippen LogP contribution in [0.15, 0.2) is 91.0 Å². The van der Waals surface area contributed by atoms with Crippen LogP contribution in [0.2, 0.25) is 0 Å². The largest absolute Gasteiger partial charge is 3.00 e. The predicted octanol–water partition coefficient (Wildman–Crippen LogP) is -0.318. The average molecular weight is 794 g/mol. The third-order valence-corrected chi connectivity index (χ3v) is 4.18. The van der Waals surface area contributed by atoms with Gasteiger partial charge in [-0.15, -0.1) is 0 Å². The van der Waals surface area contributed by atoms with Gasteiger partial charge in [0.2, 0.25) is 0 Å². The second kappa shape index (κ2) is 18.2. The van der Waals surface area contributed by atoms with Gasteiger partial charge in [0.15, 0.2) is 0 Å². The fourth-order valence-electron chi connectivity index (χ4n) is 1.83. The minimum Gasteiger partial charge on any atom is -0.780 e. The number of rotatable bonds is 6. The first-order valence-corrected chi connectivity index (χ1v) is 12.9. The van der Waals surface area contributed by atoms with Gasteiger partial charge in [0.05, 0.1) is 0 Å². The Morgan fingerprint density at radius 1 is 0.400 bits per heavy atom. The molecule has 0 saturated carbocycles. The molecule has 0 saturated heterocycles. The molecule has 0 fully saturated rings. The van der Waals surface area contributed by atoms with Crippen LogP contribution in [0, 0.1) is 71.2 Å². The van der Waals surface area contributed by atoms with Crippen molar-refractivity contribution in [2.24, 2.45) is 0 Å². The molecule has 0 unspecified atom stereocenters. The van der Waals surface area contributed by atoms with Crippen molar-refractivity contribution >= 4 is 23.5 Å². The fourth-order valence-corrected chi connectivity index (χ4v) is 2.97. The molecule has 0 aromatic heterocycles. The van der Waals surface area contributed by atoms with Crippen LogP contribution in [0.5, 0.6) is 17.2 Å². The van der Waals surface area contributed by atoms with Gasteiger partial charge in [-0.1, -0.05) is 54.6 Å². The molecule has 3 aromatic rings. The Bertz CT molecular complexity index is 948. The Labute approximate surface area is 257 Å². The molecule has 3 aromatic carbocycles. The summed E-state index contributed by atoms with van der Waals surface area (Å²) in [6.45, 7) is 0. The Morgan fingerprint density at radius 3 is 0.714 bits per heavy atom. The van der Waals surface area contributed by atoms with E-state index in [0.717, 1.165) is 0 Å². The molecule has 0 spiro atoms. The van der Waals surface area contributed by atoms with Crippen molar-refractivity contribution in [1.82, 2.24) is 0 Å². The standard InChI is InChI=1S/3C6H7O4P.2La/c3*7-11(8,9)10-6-4-2-1-3-5-6;;/h3*1-5H,(H2,7,8,9);;/q;;;2*+3/p-6. The van der Waals surface area contributed by atoms with Crippen LogP contribution in [0.3, 0.4) is 0 Å². The molecule has 0 aliphatic heterocycles. The summed E-state index contributed by atoms with van der Waals surface area (Å²) in [5.41, 5.74) is 0. The molecule has 0 amide bonds. The van der Waals surface area contributed by atoms with Gasteiger partial charge >= 0.3 is 71.2 Å². The van der Waals surface area contributed by atoms with E-state index in [0.29, 0.717) is 0 Å². The number of hydrogen-bond acceptors (Lipinski definition) is 12. The summed E-state index contributed by atoms with van der Waals surface area (Å²) in [4.78, 5) is 60.3. The molecular formula is C18H15La2O12P3.